The molecule has 3 rings (SSSR count). The maximum Gasteiger partial charge on any atom is 0.174 e. The van der Waals surface area contributed by atoms with E-state index in [9.17, 15) is 4.79 Å². The molecule has 0 aliphatic heterocycles. The Labute approximate surface area is 149 Å². The number of carbonyl (C=O) groups excluding carboxylic acids is 1. The maximum atomic E-state index is 12.6. The van der Waals surface area contributed by atoms with Crippen LogP contribution in [-0.4, -0.2) is 26.3 Å². The van der Waals surface area contributed by atoms with Gasteiger partial charge in [0.1, 0.15) is 5.51 Å². The molecule has 0 N–H and O–H groups in total. The molecule has 1 atom stereocenters. The minimum Gasteiger partial charge on any atom is -0.341 e. The fraction of sp³-hybridized carbons (Fsp3) is 0.278. The van der Waals surface area contributed by atoms with Crippen LogP contribution in [0.25, 0.3) is 0 Å². The molecular weight excluding hydrogens is 338 g/mol. The van der Waals surface area contributed by atoms with Crippen LogP contribution in [-0.2, 0) is 0 Å². The molecule has 0 saturated heterocycles. The van der Waals surface area contributed by atoms with Crippen LogP contribution >= 0.6 is 23.1 Å². The lowest BCUT2D eigenvalue weighted by Gasteiger charge is -2.19. The average molecular weight is 358 g/mol. The lowest BCUT2D eigenvalue weighted by Crippen LogP contribution is -2.11. The number of carbonyl (C=O) groups is 1. The van der Waals surface area contributed by atoms with Gasteiger partial charge in [-0.2, -0.15) is 0 Å². The van der Waals surface area contributed by atoms with Gasteiger partial charge in [-0.1, -0.05) is 53.4 Å². The largest absolute Gasteiger partial charge is 0.341 e. The van der Waals surface area contributed by atoms with Crippen LogP contribution in [0.3, 0.4) is 0 Å². The Kier molecular flexibility index (Phi) is 5.16. The van der Waals surface area contributed by atoms with E-state index in [4.69, 9.17) is 0 Å². The summed E-state index contributed by atoms with van der Waals surface area (Å²) in [5.74, 6) is 0.522. The molecule has 2 heterocycles. The highest BCUT2D eigenvalue weighted by atomic mass is 32.2. The van der Waals surface area contributed by atoms with Gasteiger partial charge in [0.15, 0.2) is 10.1 Å². The molecule has 24 heavy (non-hydrogen) atoms. The number of benzene rings is 1. The highest BCUT2D eigenvalue weighted by molar-refractivity contribution is 8.01. The summed E-state index contributed by atoms with van der Waals surface area (Å²) in [5.41, 5.74) is 5.84. The van der Waals surface area contributed by atoms with Crippen molar-refractivity contribution < 1.29 is 4.79 Å². The highest BCUT2D eigenvalue weighted by Crippen LogP contribution is 2.27. The smallest absolute Gasteiger partial charge is 0.174 e. The van der Waals surface area contributed by atoms with Gasteiger partial charge in [0.25, 0.3) is 0 Å². The number of Topliss-reactive ketones (excluding diaryl/α,β-unsaturated/α-hetero) is 1. The summed E-state index contributed by atoms with van der Waals surface area (Å²) in [4.78, 5) is 12.6. The van der Waals surface area contributed by atoms with Crippen molar-refractivity contribution in [1.29, 1.82) is 0 Å². The first kappa shape index (κ1) is 16.9. The Bertz CT molecular complexity index is 826. The van der Waals surface area contributed by atoms with Crippen molar-refractivity contribution >= 4 is 28.9 Å². The molecule has 0 radical (unpaired) electrons. The highest BCUT2D eigenvalue weighted by Gasteiger charge is 2.20. The van der Waals surface area contributed by atoms with E-state index in [1.807, 2.05) is 31.2 Å². The van der Waals surface area contributed by atoms with Crippen molar-refractivity contribution in [1.82, 2.24) is 14.8 Å². The molecule has 0 bridgehead atoms. The van der Waals surface area contributed by atoms with Gasteiger partial charge in [0.05, 0.1) is 11.8 Å². The molecule has 0 aliphatic rings. The van der Waals surface area contributed by atoms with Gasteiger partial charge in [-0.25, -0.2) is 0 Å². The Morgan fingerprint density at radius 2 is 2.04 bits per heavy atom. The summed E-state index contributed by atoms with van der Waals surface area (Å²) in [7, 11) is 0. The summed E-state index contributed by atoms with van der Waals surface area (Å²) in [6.45, 7) is 6.25. The van der Waals surface area contributed by atoms with Crippen LogP contribution < -0.4 is 0 Å². The van der Waals surface area contributed by atoms with E-state index >= 15 is 0 Å². The van der Waals surface area contributed by atoms with Gasteiger partial charge in [0.2, 0.25) is 0 Å². The lowest BCUT2D eigenvalue weighted by molar-refractivity contribution is 0.102. The molecule has 3 aromatic rings. The molecule has 0 fully saturated rings. The third-order valence-corrected chi connectivity index (χ3v) is 5.98. The SMILES string of the molecule is Cc1cc(C(=O)CSc2nncs2)c(C)n1[C@H](C)c1ccccc1. The van der Waals surface area contributed by atoms with Crippen molar-refractivity contribution in [3.05, 3.63) is 64.4 Å². The minimum absolute atomic E-state index is 0.134. The van der Waals surface area contributed by atoms with E-state index in [1.54, 1.807) is 5.51 Å². The first-order valence-electron chi connectivity index (χ1n) is 7.73. The minimum atomic E-state index is 0.134. The van der Waals surface area contributed by atoms with Crippen molar-refractivity contribution in [2.45, 2.75) is 31.2 Å². The molecule has 0 saturated carbocycles. The Balaban J connectivity index is 1.82. The molecule has 0 amide bonds. The van der Waals surface area contributed by atoms with E-state index in [-0.39, 0.29) is 11.8 Å². The number of hydrogen-bond acceptors (Lipinski definition) is 5. The van der Waals surface area contributed by atoms with Gasteiger partial charge in [-0.3, -0.25) is 4.79 Å². The molecule has 4 nitrogen and oxygen atoms in total. The van der Waals surface area contributed by atoms with Gasteiger partial charge in [-0.05, 0) is 32.4 Å². The number of rotatable bonds is 6. The van der Waals surface area contributed by atoms with E-state index in [2.05, 4.69) is 40.7 Å². The van der Waals surface area contributed by atoms with E-state index in [0.29, 0.717) is 5.75 Å². The monoisotopic (exact) mass is 357 g/mol. The summed E-state index contributed by atoms with van der Waals surface area (Å²) in [6, 6.07) is 12.6. The van der Waals surface area contributed by atoms with Crippen molar-refractivity contribution in [3.8, 4) is 0 Å². The van der Waals surface area contributed by atoms with Gasteiger partial charge in [-0.15, -0.1) is 10.2 Å². The quantitative estimate of drug-likeness (QED) is 0.480. The predicted octanol–water partition coefficient (Wildman–Crippen LogP) is 4.54. The van der Waals surface area contributed by atoms with Gasteiger partial charge in [0, 0.05) is 17.0 Å². The zero-order valence-electron chi connectivity index (χ0n) is 13.9. The predicted molar refractivity (Wildman–Crippen MR) is 99.1 cm³/mol. The number of aromatic nitrogens is 3. The second-order valence-corrected chi connectivity index (χ2v) is 7.71. The third-order valence-electron chi connectivity index (χ3n) is 4.12. The van der Waals surface area contributed by atoms with Crippen LogP contribution in [0.5, 0.6) is 0 Å². The number of nitrogens with zero attached hydrogens (tertiary/aromatic N) is 3. The standard InChI is InChI=1S/C18H19N3OS2/c1-12-9-16(17(22)10-23-18-20-19-11-24-18)14(3)21(12)13(2)15-7-5-4-6-8-15/h4-9,11,13H,10H2,1-3H3/t13-/m1/s1. The number of hydrogen-bond donors (Lipinski definition) is 0. The zero-order chi connectivity index (χ0) is 17.1. The average Bonchev–Trinajstić information content (AvgIpc) is 3.21. The third kappa shape index (κ3) is 3.44. The molecule has 124 valence electrons. The van der Waals surface area contributed by atoms with Crippen LogP contribution in [0.4, 0.5) is 0 Å². The van der Waals surface area contributed by atoms with Crippen molar-refractivity contribution in [2.24, 2.45) is 0 Å². The molecule has 1 aromatic carbocycles. The number of thioether (sulfide) groups is 1. The summed E-state index contributed by atoms with van der Waals surface area (Å²) in [5, 5.41) is 7.77. The first-order valence-corrected chi connectivity index (χ1v) is 9.60. The normalized spacial score (nSPS) is 12.3. The van der Waals surface area contributed by atoms with Gasteiger partial charge < -0.3 is 4.57 Å². The van der Waals surface area contributed by atoms with Crippen LogP contribution in [0, 0.1) is 13.8 Å². The molecule has 0 unspecified atom stereocenters. The summed E-state index contributed by atoms with van der Waals surface area (Å²) >= 11 is 2.90. The second kappa shape index (κ2) is 7.32. The van der Waals surface area contributed by atoms with E-state index in [1.165, 1.54) is 28.7 Å². The van der Waals surface area contributed by atoms with Gasteiger partial charge >= 0.3 is 0 Å². The molecule has 0 spiro atoms. The van der Waals surface area contributed by atoms with E-state index in [0.717, 1.165) is 21.3 Å². The van der Waals surface area contributed by atoms with Crippen LogP contribution in [0.1, 0.15) is 40.3 Å². The van der Waals surface area contributed by atoms with Crippen LogP contribution in [0.15, 0.2) is 46.2 Å². The Morgan fingerprint density at radius 1 is 1.29 bits per heavy atom. The Morgan fingerprint density at radius 3 is 2.71 bits per heavy atom. The molecular formula is C18H19N3OS2. The zero-order valence-corrected chi connectivity index (χ0v) is 15.5. The van der Waals surface area contributed by atoms with E-state index < -0.39 is 0 Å². The fourth-order valence-electron chi connectivity index (χ4n) is 2.97. The van der Waals surface area contributed by atoms with Crippen molar-refractivity contribution in [2.75, 3.05) is 5.75 Å². The van der Waals surface area contributed by atoms with Crippen molar-refractivity contribution in [3.63, 3.8) is 0 Å². The Hall–Kier alpha value is -1.92. The topological polar surface area (TPSA) is 47.8 Å². The van der Waals surface area contributed by atoms with Crippen LogP contribution in [0.2, 0.25) is 0 Å². The first-order chi connectivity index (χ1) is 11.6. The molecule has 2 aromatic heterocycles. The number of aryl methyl sites for hydroxylation is 1. The number of ketones is 1. The summed E-state index contributed by atoms with van der Waals surface area (Å²) in [6.07, 6.45) is 0. The molecule has 0 aliphatic carbocycles. The second-order valence-electron chi connectivity index (χ2n) is 5.66. The summed E-state index contributed by atoms with van der Waals surface area (Å²) < 4.78 is 3.06. The maximum absolute atomic E-state index is 12.6. The lowest BCUT2D eigenvalue weighted by atomic mass is 10.1. The fourth-order valence-corrected chi connectivity index (χ4v) is 4.34. The molecule has 6 heteroatoms.